The van der Waals surface area contributed by atoms with Crippen LogP contribution in [0.2, 0.25) is 0 Å². The molecular weight excluding hydrogens is 208 g/mol. The highest BCUT2D eigenvalue weighted by molar-refractivity contribution is 5.84. The molecule has 1 heterocycles. The first-order valence-electron chi connectivity index (χ1n) is 6.45. The molecule has 2 aromatic rings. The Morgan fingerprint density at radius 3 is 2.76 bits per heavy atom. The fraction of sp³-hybridized carbons (Fsp3) is 0.467. The number of nitrogens with zero attached hydrogens (tertiary/aromatic N) is 1. The van der Waals surface area contributed by atoms with Crippen molar-refractivity contribution >= 4 is 10.9 Å². The molecule has 0 saturated heterocycles. The van der Waals surface area contributed by atoms with Gasteiger partial charge in [0.05, 0.1) is 0 Å². The maximum atomic E-state index is 5.93. The van der Waals surface area contributed by atoms with E-state index in [0.29, 0.717) is 0 Å². The van der Waals surface area contributed by atoms with Gasteiger partial charge in [0.1, 0.15) is 0 Å². The first-order valence-corrected chi connectivity index (χ1v) is 6.45. The molecular formula is C15H22N2. The number of hydrogen-bond donors (Lipinski definition) is 1. The van der Waals surface area contributed by atoms with E-state index in [1.807, 2.05) is 0 Å². The van der Waals surface area contributed by atoms with Crippen molar-refractivity contribution in [3.8, 4) is 0 Å². The van der Waals surface area contributed by atoms with Crippen molar-refractivity contribution < 1.29 is 0 Å². The summed E-state index contributed by atoms with van der Waals surface area (Å²) in [5.74, 6) is 0. The standard InChI is InChI=1S/C15H22N2/c1-4-7-17-10-13(9-12(3)16)14-8-11(2)5-6-15(14)17/h5-6,8,10,12H,4,7,9,16H2,1-3H3/t12-/m0/s1. The quantitative estimate of drug-likeness (QED) is 0.858. The highest BCUT2D eigenvalue weighted by Crippen LogP contribution is 2.24. The number of nitrogens with two attached hydrogens (primary N) is 1. The molecule has 2 rings (SSSR count). The Balaban J connectivity index is 2.54. The number of aryl methyl sites for hydroxylation is 2. The van der Waals surface area contributed by atoms with Crippen molar-refractivity contribution in [2.24, 2.45) is 5.73 Å². The highest BCUT2D eigenvalue weighted by Gasteiger charge is 2.09. The van der Waals surface area contributed by atoms with Crippen LogP contribution in [0, 0.1) is 6.92 Å². The number of hydrogen-bond acceptors (Lipinski definition) is 1. The van der Waals surface area contributed by atoms with Crippen molar-refractivity contribution in [1.82, 2.24) is 4.57 Å². The van der Waals surface area contributed by atoms with Gasteiger partial charge in [0.2, 0.25) is 0 Å². The van der Waals surface area contributed by atoms with E-state index in [9.17, 15) is 0 Å². The van der Waals surface area contributed by atoms with E-state index in [-0.39, 0.29) is 6.04 Å². The summed E-state index contributed by atoms with van der Waals surface area (Å²) in [6, 6.07) is 6.91. The zero-order valence-electron chi connectivity index (χ0n) is 11.0. The third-order valence-electron chi connectivity index (χ3n) is 3.13. The molecule has 1 atom stereocenters. The molecule has 2 N–H and O–H groups in total. The van der Waals surface area contributed by atoms with Crippen LogP contribution in [-0.4, -0.2) is 10.6 Å². The summed E-state index contributed by atoms with van der Waals surface area (Å²) in [4.78, 5) is 0. The van der Waals surface area contributed by atoms with Crippen molar-refractivity contribution in [2.45, 2.75) is 46.2 Å². The summed E-state index contributed by atoms with van der Waals surface area (Å²) in [6.45, 7) is 7.51. The Morgan fingerprint density at radius 1 is 1.35 bits per heavy atom. The van der Waals surface area contributed by atoms with Gasteiger partial charge in [0.25, 0.3) is 0 Å². The van der Waals surface area contributed by atoms with Crippen LogP contribution >= 0.6 is 0 Å². The Hall–Kier alpha value is -1.28. The smallest absolute Gasteiger partial charge is 0.0483 e. The third kappa shape index (κ3) is 2.52. The molecule has 0 radical (unpaired) electrons. The number of rotatable bonds is 4. The average Bonchev–Trinajstić information content (AvgIpc) is 2.56. The summed E-state index contributed by atoms with van der Waals surface area (Å²) in [7, 11) is 0. The van der Waals surface area contributed by atoms with Crippen molar-refractivity contribution in [3.05, 3.63) is 35.5 Å². The first kappa shape index (κ1) is 12.2. The summed E-state index contributed by atoms with van der Waals surface area (Å²) < 4.78 is 2.35. The molecule has 0 saturated carbocycles. The lowest BCUT2D eigenvalue weighted by Gasteiger charge is -2.03. The lowest BCUT2D eigenvalue weighted by molar-refractivity contribution is 0.692. The van der Waals surface area contributed by atoms with Crippen LogP contribution in [0.5, 0.6) is 0 Å². The molecule has 1 aromatic carbocycles. The summed E-state index contributed by atoms with van der Waals surface area (Å²) in [5.41, 5.74) is 9.97. The molecule has 0 bridgehead atoms. The van der Waals surface area contributed by atoms with E-state index >= 15 is 0 Å². The van der Waals surface area contributed by atoms with Gasteiger partial charge in [-0.3, -0.25) is 0 Å². The van der Waals surface area contributed by atoms with Crippen LogP contribution < -0.4 is 5.73 Å². The van der Waals surface area contributed by atoms with Crippen LogP contribution in [0.3, 0.4) is 0 Å². The first-order chi connectivity index (χ1) is 8.11. The van der Waals surface area contributed by atoms with Crippen LogP contribution in [0.25, 0.3) is 10.9 Å². The molecule has 0 aliphatic rings. The van der Waals surface area contributed by atoms with Crippen molar-refractivity contribution in [2.75, 3.05) is 0 Å². The molecule has 0 aliphatic carbocycles. The predicted octanol–water partition coefficient (Wildman–Crippen LogP) is 3.25. The highest BCUT2D eigenvalue weighted by atomic mass is 15.0. The zero-order valence-corrected chi connectivity index (χ0v) is 11.0. The lowest BCUT2D eigenvalue weighted by atomic mass is 10.1. The molecule has 2 nitrogen and oxygen atoms in total. The summed E-state index contributed by atoms with van der Waals surface area (Å²) >= 11 is 0. The van der Waals surface area contributed by atoms with Crippen LogP contribution in [0.4, 0.5) is 0 Å². The molecule has 2 heteroatoms. The van der Waals surface area contributed by atoms with E-state index in [4.69, 9.17) is 5.73 Å². The Bertz CT molecular complexity index is 509. The van der Waals surface area contributed by atoms with Gasteiger partial charge in [0, 0.05) is 29.7 Å². The van der Waals surface area contributed by atoms with Crippen molar-refractivity contribution in [1.29, 1.82) is 0 Å². The third-order valence-corrected chi connectivity index (χ3v) is 3.13. The van der Waals surface area contributed by atoms with Gasteiger partial charge in [-0.05, 0) is 44.4 Å². The maximum absolute atomic E-state index is 5.93. The minimum absolute atomic E-state index is 0.219. The Kier molecular flexibility index (Phi) is 3.53. The van der Waals surface area contributed by atoms with E-state index < -0.39 is 0 Å². The van der Waals surface area contributed by atoms with Gasteiger partial charge in [-0.15, -0.1) is 0 Å². The largest absolute Gasteiger partial charge is 0.347 e. The van der Waals surface area contributed by atoms with Crippen LogP contribution in [-0.2, 0) is 13.0 Å². The predicted molar refractivity (Wildman–Crippen MR) is 74.3 cm³/mol. The molecule has 0 spiro atoms. The topological polar surface area (TPSA) is 30.9 Å². The molecule has 1 aromatic heterocycles. The van der Waals surface area contributed by atoms with Gasteiger partial charge >= 0.3 is 0 Å². The number of aromatic nitrogens is 1. The summed E-state index contributed by atoms with van der Waals surface area (Å²) in [6.07, 6.45) is 4.39. The second-order valence-electron chi connectivity index (χ2n) is 5.05. The van der Waals surface area contributed by atoms with Gasteiger partial charge in [-0.25, -0.2) is 0 Å². The minimum Gasteiger partial charge on any atom is -0.347 e. The molecule has 0 unspecified atom stereocenters. The Morgan fingerprint density at radius 2 is 2.12 bits per heavy atom. The van der Waals surface area contributed by atoms with E-state index in [2.05, 4.69) is 49.7 Å². The van der Waals surface area contributed by atoms with Gasteiger partial charge in [-0.1, -0.05) is 18.6 Å². The molecule has 17 heavy (non-hydrogen) atoms. The lowest BCUT2D eigenvalue weighted by Crippen LogP contribution is -2.17. The number of benzene rings is 1. The fourth-order valence-electron chi connectivity index (χ4n) is 2.42. The SMILES string of the molecule is CCCn1cc(C[C@H](C)N)c2cc(C)ccc21. The van der Waals surface area contributed by atoms with Crippen LogP contribution in [0.1, 0.15) is 31.4 Å². The molecule has 92 valence electrons. The monoisotopic (exact) mass is 230 g/mol. The molecule has 0 fully saturated rings. The normalized spacial score (nSPS) is 13.2. The van der Waals surface area contributed by atoms with E-state index in [0.717, 1.165) is 19.4 Å². The molecule has 0 aliphatic heterocycles. The maximum Gasteiger partial charge on any atom is 0.0483 e. The Labute approximate surface area is 103 Å². The van der Waals surface area contributed by atoms with Crippen LogP contribution in [0.15, 0.2) is 24.4 Å². The second kappa shape index (κ2) is 4.92. The van der Waals surface area contributed by atoms with Crippen molar-refractivity contribution in [3.63, 3.8) is 0 Å². The summed E-state index contributed by atoms with van der Waals surface area (Å²) in [5, 5.41) is 1.37. The van der Waals surface area contributed by atoms with Gasteiger partial charge in [0.15, 0.2) is 0 Å². The minimum atomic E-state index is 0.219. The van der Waals surface area contributed by atoms with E-state index in [1.54, 1.807) is 0 Å². The number of fused-ring (bicyclic) bond motifs is 1. The molecule has 0 amide bonds. The van der Waals surface area contributed by atoms with Gasteiger partial charge < -0.3 is 10.3 Å². The van der Waals surface area contributed by atoms with Gasteiger partial charge in [-0.2, -0.15) is 0 Å². The average molecular weight is 230 g/mol. The second-order valence-corrected chi connectivity index (χ2v) is 5.05. The fourth-order valence-corrected chi connectivity index (χ4v) is 2.42. The zero-order chi connectivity index (χ0) is 12.4. The van der Waals surface area contributed by atoms with E-state index in [1.165, 1.54) is 22.0 Å².